The van der Waals surface area contributed by atoms with Crippen LogP contribution in [0.1, 0.15) is 25.8 Å². The molecule has 1 N–H and O–H groups in total. The van der Waals surface area contributed by atoms with Gasteiger partial charge in [-0.05, 0) is 62.2 Å². The van der Waals surface area contributed by atoms with Crippen molar-refractivity contribution in [1.29, 1.82) is 0 Å². The van der Waals surface area contributed by atoms with Gasteiger partial charge >= 0.3 is 0 Å². The van der Waals surface area contributed by atoms with Gasteiger partial charge in [-0.15, -0.1) is 0 Å². The molecule has 0 radical (unpaired) electrons. The maximum absolute atomic E-state index is 13.3. The monoisotopic (exact) mass is 434 g/mol. The Morgan fingerprint density at radius 2 is 1.88 bits per heavy atom. The third-order valence-electron chi connectivity index (χ3n) is 6.67. The molecule has 3 heterocycles. The van der Waals surface area contributed by atoms with Crippen LogP contribution in [-0.2, 0) is 14.9 Å². The van der Waals surface area contributed by atoms with E-state index in [-0.39, 0.29) is 5.91 Å². The second kappa shape index (κ2) is 8.22. The van der Waals surface area contributed by atoms with E-state index < -0.39 is 5.41 Å². The minimum atomic E-state index is -0.548. The summed E-state index contributed by atoms with van der Waals surface area (Å²) in [5.74, 6) is 1.80. The predicted octanol–water partition coefficient (Wildman–Crippen LogP) is 3.59. The van der Waals surface area contributed by atoms with E-state index in [1.165, 1.54) is 0 Å². The molecule has 0 unspecified atom stereocenters. The Hall–Kier alpha value is -2.90. The molecule has 0 bridgehead atoms. The summed E-state index contributed by atoms with van der Waals surface area (Å²) >= 11 is 0. The van der Waals surface area contributed by atoms with Crippen LogP contribution in [0.3, 0.4) is 0 Å². The van der Waals surface area contributed by atoms with Gasteiger partial charge < -0.3 is 19.4 Å². The topological polar surface area (TPSA) is 70.7 Å². The number of morpholine rings is 1. The molecule has 1 aromatic heterocycles. The number of imidazole rings is 1. The van der Waals surface area contributed by atoms with Crippen molar-refractivity contribution in [1.82, 2.24) is 14.9 Å². The zero-order chi connectivity index (χ0) is 22.3. The van der Waals surface area contributed by atoms with Crippen LogP contribution in [0.2, 0.25) is 0 Å². The van der Waals surface area contributed by atoms with Crippen LogP contribution in [0.4, 0.5) is 5.69 Å². The SMILES string of the molecule is COc1ccc(-c2nc3cc4c(cc3[nH]2)C(C)(C)C(=O)N4CCCN2CCOCC2)cc1. The van der Waals surface area contributed by atoms with E-state index in [1.807, 2.05) is 43.0 Å². The molecule has 1 saturated heterocycles. The number of hydrogen-bond acceptors (Lipinski definition) is 5. The number of benzene rings is 2. The van der Waals surface area contributed by atoms with Gasteiger partial charge in [0.05, 0.1) is 42.5 Å². The molecule has 7 heteroatoms. The van der Waals surface area contributed by atoms with Gasteiger partial charge in [-0.25, -0.2) is 4.98 Å². The number of H-pyrrole nitrogens is 1. The van der Waals surface area contributed by atoms with Gasteiger partial charge in [-0.2, -0.15) is 0 Å². The number of aromatic amines is 1. The summed E-state index contributed by atoms with van der Waals surface area (Å²) in [6.45, 7) is 9.27. The van der Waals surface area contributed by atoms with Crippen LogP contribution in [0.25, 0.3) is 22.4 Å². The Kier molecular flexibility index (Phi) is 5.39. The number of hydrogen-bond donors (Lipinski definition) is 1. The highest BCUT2D eigenvalue weighted by molar-refractivity contribution is 6.09. The summed E-state index contributed by atoms with van der Waals surface area (Å²) in [6.07, 6.45) is 0.941. The molecule has 7 nitrogen and oxygen atoms in total. The third-order valence-corrected chi connectivity index (χ3v) is 6.67. The van der Waals surface area contributed by atoms with E-state index >= 15 is 0 Å². The summed E-state index contributed by atoms with van der Waals surface area (Å²) in [4.78, 5) is 25.9. The molecular weight excluding hydrogens is 404 g/mol. The van der Waals surface area contributed by atoms with Crippen LogP contribution in [-0.4, -0.2) is 67.3 Å². The van der Waals surface area contributed by atoms with Crippen LogP contribution in [0.15, 0.2) is 36.4 Å². The maximum atomic E-state index is 13.3. The molecule has 0 saturated carbocycles. The largest absolute Gasteiger partial charge is 0.497 e. The highest BCUT2D eigenvalue weighted by Crippen LogP contribution is 2.43. The molecule has 2 aliphatic heterocycles. The average Bonchev–Trinajstić information content (AvgIpc) is 3.31. The normalized spacial score (nSPS) is 18.3. The molecule has 0 spiro atoms. The van der Waals surface area contributed by atoms with Gasteiger partial charge in [0, 0.05) is 31.7 Å². The average molecular weight is 435 g/mol. The van der Waals surface area contributed by atoms with Crippen molar-refractivity contribution < 1.29 is 14.3 Å². The highest BCUT2D eigenvalue weighted by atomic mass is 16.5. The predicted molar refractivity (Wildman–Crippen MR) is 125 cm³/mol. The number of nitrogens with zero attached hydrogens (tertiary/aromatic N) is 3. The third kappa shape index (κ3) is 3.65. The quantitative estimate of drug-likeness (QED) is 0.642. The van der Waals surface area contributed by atoms with Crippen LogP contribution in [0, 0.1) is 0 Å². The molecule has 168 valence electrons. The highest BCUT2D eigenvalue weighted by Gasteiger charge is 2.44. The summed E-state index contributed by atoms with van der Waals surface area (Å²) in [7, 11) is 1.66. The van der Waals surface area contributed by atoms with Crippen molar-refractivity contribution in [2.45, 2.75) is 25.7 Å². The first-order valence-corrected chi connectivity index (χ1v) is 11.3. The van der Waals surface area contributed by atoms with Gasteiger partial charge in [0.15, 0.2) is 0 Å². The number of carbonyl (C=O) groups is 1. The van der Waals surface area contributed by atoms with E-state index in [4.69, 9.17) is 14.5 Å². The second-order valence-corrected chi connectivity index (χ2v) is 9.09. The lowest BCUT2D eigenvalue weighted by molar-refractivity contribution is -0.122. The Balaban J connectivity index is 1.42. The summed E-state index contributed by atoms with van der Waals surface area (Å²) < 4.78 is 10.7. The van der Waals surface area contributed by atoms with Gasteiger partial charge in [0.1, 0.15) is 11.6 Å². The number of carbonyl (C=O) groups excluding carboxylic acids is 1. The van der Waals surface area contributed by atoms with Crippen molar-refractivity contribution in [3.05, 3.63) is 42.0 Å². The zero-order valence-electron chi connectivity index (χ0n) is 19.0. The van der Waals surface area contributed by atoms with Crippen LogP contribution in [0.5, 0.6) is 5.75 Å². The van der Waals surface area contributed by atoms with Gasteiger partial charge in [0.25, 0.3) is 0 Å². The summed E-state index contributed by atoms with van der Waals surface area (Å²) in [5.41, 5.74) is 4.32. The Bertz CT molecular complexity index is 1130. The first-order valence-electron chi connectivity index (χ1n) is 11.3. The van der Waals surface area contributed by atoms with Crippen molar-refractivity contribution >= 4 is 22.6 Å². The van der Waals surface area contributed by atoms with Crippen molar-refractivity contribution in [3.63, 3.8) is 0 Å². The molecule has 5 rings (SSSR count). The van der Waals surface area contributed by atoms with Crippen molar-refractivity contribution in [3.8, 4) is 17.1 Å². The van der Waals surface area contributed by atoms with E-state index in [1.54, 1.807) is 7.11 Å². The molecule has 2 aliphatic rings. The van der Waals surface area contributed by atoms with Crippen LogP contribution < -0.4 is 9.64 Å². The van der Waals surface area contributed by atoms with E-state index in [0.717, 1.165) is 78.7 Å². The van der Waals surface area contributed by atoms with E-state index in [0.29, 0.717) is 6.54 Å². The second-order valence-electron chi connectivity index (χ2n) is 9.09. The molecule has 0 aliphatic carbocycles. The standard InChI is InChI=1S/C25H30N4O3/c1-25(2)19-15-20-21(27-23(26-20)17-5-7-18(31-3)8-6-17)16-22(19)29(24(25)30)10-4-9-28-11-13-32-14-12-28/h5-8,15-16H,4,9-14H2,1-3H3,(H,26,27). The lowest BCUT2D eigenvalue weighted by Crippen LogP contribution is -2.40. The van der Waals surface area contributed by atoms with Gasteiger partial charge in [-0.3, -0.25) is 9.69 Å². The smallest absolute Gasteiger partial charge is 0.237 e. The number of fused-ring (bicyclic) bond motifs is 2. The number of ether oxygens (including phenoxy) is 2. The van der Waals surface area contributed by atoms with E-state index in [2.05, 4.69) is 22.0 Å². The van der Waals surface area contributed by atoms with Crippen LogP contribution >= 0.6 is 0 Å². The van der Waals surface area contributed by atoms with Crippen molar-refractivity contribution in [2.75, 3.05) is 51.4 Å². The fourth-order valence-electron chi connectivity index (χ4n) is 4.72. The molecular formula is C25H30N4O3. The minimum Gasteiger partial charge on any atom is -0.497 e. The maximum Gasteiger partial charge on any atom is 0.237 e. The number of amides is 1. The lowest BCUT2D eigenvalue weighted by Gasteiger charge is -2.27. The number of aromatic nitrogens is 2. The Morgan fingerprint density at radius 3 is 2.59 bits per heavy atom. The first-order chi connectivity index (χ1) is 15.5. The molecule has 1 amide bonds. The number of rotatable bonds is 6. The number of methoxy groups -OCH3 is 1. The van der Waals surface area contributed by atoms with Crippen molar-refractivity contribution in [2.24, 2.45) is 0 Å². The molecule has 3 aromatic rings. The van der Waals surface area contributed by atoms with Gasteiger partial charge in [0.2, 0.25) is 5.91 Å². The van der Waals surface area contributed by atoms with Gasteiger partial charge in [-0.1, -0.05) is 0 Å². The number of anilines is 1. The van der Waals surface area contributed by atoms with E-state index in [9.17, 15) is 4.79 Å². The summed E-state index contributed by atoms with van der Waals surface area (Å²) in [6, 6.07) is 12.0. The summed E-state index contributed by atoms with van der Waals surface area (Å²) in [5, 5.41) is 0. The molecule has 1 fully saturated rings. The molecule has 0 atom stereocenters. The minimum absolute atomic E-state index is 0.164. The molecule has 32 heavy (non-hydrogen) atoms. The fourth-order valence-corrected chi connectivity index (χ4v) is 4.72. The zero-order valence-corrected chi connectivity index (χ0v) is 19.0. The first kappa shape index (κ1) is 21.0. The Labute approximate surface area is 188 Å². The Morgan fingerprint density at radius 1 is 1.12 bits per heavy atom. The lowest BCUT2D eigenvalue weighted by atomic mass is 9.86. The molecule has 2 aromatic carbocycles. The number of nitrogens with one attached hydrogen (secondary N) is 1. The fraction of sp³-hybridized carbons (Fsp3) is 0.440.